The number of nitrogens with one attached hydrogen (secondary N) is 1. The van der Waals surface area contributed by atoms with Crippen LogP contribution in [0.15, 0.2) is 83.1 Å². The molecule has 0 aliphatic heterocycles. The van der Waals surface area contributed by atoms with Crippen LogP contribution >= 0.6 is 0 Å². The number of rotatable bonds is 8. The summed E-state index contributed by atoms with van der Waals surface area (Å²) >= 11 is 0. The van der Waals surface area contributed by atoms with Crippen LogP contribution in [0, 0.1) is 5.82 Å². The van der Waals surface area contributed by atoms with E-state index in [1.54, 1.807) is 31.4 Å². The van der Waals surface area contributed by atoms with Crippen molar-refractivity contribution in [1.82, 2.24) is 5.32 Å². The van der Waals surface area contributed by atoms with Gasteiger partial charge in [-0.1, -0.05) is 30.7 Å². The van der Waals surface area contributed by atoms with E-state index in [1.165, 1.54) is 17.7 Å². The molecule has 3 N–H and O–H groups in total. The zero-order valence-corrected chi connectivity index (χ0v) is 17.8. The molecule has 0 heterocycles. The van der Waals surface area contributed by atoms with Gasteiger partial charge in [-0.3, -0.25) is 4.79 Å². The van der Waals surface area contributed by atoms with E-state index < -0.39 is 0 Å². The number of methoxy groups -OCH3 is 1. The van der Waals surface area contributed by atoms with Crippen molar-refractivity contribution >= 4 is 5.91 Å². The van der Waals surface area contributed by atoms with Crippen LogP contribution in [0.3, 0.4) is 0 Å². The summed E-state index contributed by atoms with van der Waals surface area (Å²) in [6, 6.07) is 13.2. The number of benzene rings is 2. The van der Waals surface area contributed by atoms with E-state index in [2.05, 4.69) is 12.2 Å². The molecule has 1 amide bonds. The summed E-state index contributed by atoms with van der Waals surface area (Å²) < 4.78 is 24.1. The van der Waals surface area contributed by atoms with Crippen LogP contribution in [-0.2, 0) is 16.1 Å². The number of ether oxygens (including phenoxy) is 2. The number of allylic oxidation sites excluding steroid dienone is 1. The molecule has 0 saturated carbocycles. The molecular weight excluding hydrogens is 395 g/mol. The zero-order chi connectivity index (χ0) is 22.2. The third-order valence-electron chi connectivity index (χ3n) is 5.03. The molecule has 31 heavy (non-hydrogen) atoms. The fraction of sp³-hybridized carbons (Fsp3) is 0.240. The van der Waals surface area contributed by atoms with Crippen LogP contribution in [0.5, 0.6) is 11.5 Å². The van der Waals surface area contributed by atoms with Gasteiger partial charge in [-0.05, 0) is 60.0 Å². The standard InChI is InChI=1S/C25H27FN2O3/c1-3-18-14-24(27)23(12-7-19(18)16-30-2)25(29)28-15-17-5-4-6-22(13-17)31-21-10-8-20(26)9-11-21/h4-13H,3,14-16,27H2,1-2H3,(H,28,29). The molecule has 0 radical (unpaired) electrons. The second-order valence-corrected chi connectivity index (χ2v) is 7.25. The lowest BCUT2D eigenvalue weighted by molar-refractivity contribution is -0.117. The van der Waals surface area contributed by atoms with E-state index in [9.17, 15) is 9.18 Å². The Hall–Kier alpha value is -3.38. The van der Waals surface area contributed by atoms with Gasteiger partial charge in [-0.25, -0.2) is 4.39 Å². The number of halogens is 1. The summed E-state index contributed by atoms with van der Waals surface area (Å²) in [5, 5.41) is 2.92. The van der Waals surface area contributed by atoms with Crippen molar-refractivity contribution in [2.75, 3.05) is 13.7 Å². The molecule has 0 spiro atoms. The van der Waals surface area contributed by atoms with Crippen LogP contribution in [0.2, 0.25) is 0 Å². The Labute approximate surface area is 182 Å². The van der Waals surface area contributed by atoms with Gasteiger partial charge in [-0.2, -0.15) is 0 Å². The average molecular weight is 423 g/mol. The summed E-state index contributed by atoms with van der Waals surface area (Å²) in [7, 11) is 1.65. The topological polar surface area (TPSA) is 73.6 Å². The van der Waals surface area contributed by atoms with Crippen molar-refractivity contribution < 1.29 is 18.7 Å². The maximum atomic E-state index is 13.1. The second-order valence-electron chi connectivity index (χ2n) is 7.25. The van der Waals surface area contributed by atoms with Crippen LogP contribution in [0.4, 0.5) is 4.39 Å². The van der Waals surface area contributed by atoms with E-state index in [0.717, 1.165) is 17.6 Å². The highest BCUT2D eigenvalue weighted by Crippen LogP contribution is 2.25. The van der Waals surface area contributed by atoms with Crippen molar-refractivity contribution in [3.63, 3.8) is 0 Å². The molecule has 1 aliphatic rings. The van der Waals surface area contributed by atoms with Gasteiger partial charge in [0, 0.05) is 25.8 Å². The van der Waals surface area contributed by atoms with E-state index in [1.807, 2.05) is 24.3 Å². The second kappa shape index (κ2) is 10.6. The molecule has 0 fully saturated rings. The molecule has 162 valence electrons. The van der Waals surface area contributed by atoms with E-state index in [4.69, 9.17) is 15.2 Å². The monoisotopic (exact) mass is 422 g/mol. The summed E-state index contributed by atoms with van der Waals surface area (Å²) in [4.78, 5) is 12.8. The lowest BCUT2D eigenvalue weighted by Gasteiger charge is -2.11. The predicted molar refractivity (Wildman–Crippen MR) is 119 cm³/mol. The number of carbonyl (C=O) groups is 1. The highest BCUT2D eigenvalue weighted by Gasteiger charge is 2.16. The summed E-state index contributed by atoms with van der Waals surface area (Å²) in [6.45, 7) is 2.88. The molecule has 3 rings (SSSR count). The summed E-state index contributed by atoms with van der Waals surface area (Å²) in [6.07, 6.45) is 5.06. The average Bonchev–Trinajstić information content (AvgIpc) is 2.93. The maximum Gasteiger partial charge on any atom is 0.253 e. The third kappa shape index (κ3) is 6.06. The molecule has 0 aromatic heterocycles. The third-order valence-corrected chi connectivity index (χ3v) is 5.03. The largest absolute Gasteiger partial charge is 0.457 e. The van der Waals surface area contributed by atoms with Gasteiger partial charge in [0.2, 0.25) is 0 Å². The van der Waals surface area contributed by atoms with Crippen LogP contribution < -0.4 is 15.8 Å². The van der Waals surface area contributed by atoms with E-state index in [-0.39, 0.29) is 11.7 Å². The van der Waals surface area contributed by atoms with Gasteiger partial charge in [0.05, 0.1) is 12.2 Å². The van der Waals surface area contributed by atoms with Gasteiger partial charge in [-0.15, -0.1) is 0 Å². The molecule has 1 aliphatic carbocycles. The van der Waals surface area contributed by atoms with Crippen molar-refractivity contribution in [3.8, 4) is 11.5 Å². The van der Waals surface area contributed by atoms with Crippen molar-refractivity contribution in [2.24, 2.45) is 5.73 Å². The zero-order valence-electron chi connectivity index (χ0n) is 17.8. The van der Waals surface area contributed by atoms with Gasteiger partial charge in [0.25, 0.3) is 5.91 Å². The Bertz CT molecular complexity index is 1020. The molecule has 5 nitrogen and oxygen atoms in total. The van der Waals surface area contributed by atoms with E-state index in [0.29, 0.717) is 42.3 Å². The number of nitrogens with two attached hydrogens (primary N) is 1. The Kier molecular flexibility index (Phi) is 7.62. The lowest BCUT2D eigenvalue weighted by atomic mass is 10.0. The van der Waals surface area contributed by atoms with Crippen LogP contribution in [0.25, 0.3) is 0 Å². The quantitative estimate of drug-likeness (QED) is 0.643. The summed E-state index contributed by atoms with van der Waals surface area (Å²) in [5.41, 5.74) is 10.4. The minimum Gasteiger partial charge on any atom is -0.457 e. The molecule has 0 bridgehead atoms. The Balaban J connectivity index is 1.65. The smallest absolute Gasteiger partial charge is 0.253 e. The predicted octanol–water partition coefficient (Wildman–Crippen LogP) is 4.76. The Morgan fingerprint density at radius 2 is 1.90 bits per heavy atom. The molecule has 0 unspecified atom stereocenters. The van der Waals surface area contributed by atoms with Crippen molar-refractivity contribution in [1.29, 1.82) is 0 Å². The van der Waals surface area contributed by atoms with Crippen LogP contribution in [-0.4, -0.2) is 19.6 Å². The van der Waals surface area contributed by atoms with Crippen molar-refractivity contribution in [2.45, 2.75) is 26.3 Å². The van der Waals surface area contributed by atoms with Gasteiger partial charge in [0.15, 0.2) is 0 Å². The first-order chi connectivity index (χ1) is 15.0. The fourth-order valence-electron chi connectivity index (χ4n) is 3.36. The molecular formula is C25H27FN2O3. The first-order valence-electron chi connectivity index (χ1n) is 10.2. The number of carbonyl (C=O) groups excluding carboxylic acids is 1. The first-order valence-corrected chi connectivity index (χ1v) is 10.2. The van der Waals surface area contributed by atoms with Crippen molar-refractivity contribution in [3.05, 3.63) is 94.5 Å². The minimum absolute atomic E-state index is 0.229. The number of hydrogen-bond donors (Lipinski definition) is 2. The highest BCUT2D eigenvalue weighted by molar-refractivity contribution is 5.97. The molecule has 6 heteroatoms. The van der Waals surface area contributed by atoms with Crippen LogP contribution in [0.1, 0.15) is 25.3 Å². The Morgan fingerprint density at radius 1 is 1.13 bits per heavy atom. The lowest BCUT2D eigenvalue weighted by Crippen LogP contribution is -2.26. The summed E-state index contributed by atoms with van der Waals surface area (Å²) in [5.74, 6) is 0.593. The Morgan fingerprint density at radius 3 is 2.61 bits per heavy atom. The minimum atomic E-state index is -0.319. The number of amides is 1. The molecule has 2 aromatic carbocycles. The molecule has 0 saturated heterocycles. The van der Waals surface area contributed by atoms with Gasteiger partial charge in [0.1, 0.15) is 17.3 Å². The van der Waals surface area contributed by atoms with Gasteiger partial charge < -0.3 is 20.5 Å². The molecule has 2 aromatic rings. The maximum absolute atomic E-state index is 13.1. The van der Waals surface area contributed by atoms with Gasteiger partial charge >= 0.3 is 0 Å². The van der Waals surface area contributed by atoms with E-state index >= 15 is 0 Å². The SMILES string of the molecule is CCC1=C(COC)C=CC(C(=O)NCc2cccc(Oc3ccc(F)cc3)c2)=C(N)C1. The number of hydrogen-bond acceptors (Lipinski definition) is 4. The molecule has 0 atom stereocenters. The fourth-order valence-corrected chi connectivity index (χ4v) is 3.36. The highest BCUT2D eigenvalue weighted by atomic mass is 19.1. The first kappa shape index (κ1) is 22.3. The normalized spacial score (nSPS) is 13.9.